The fourth-order valence-electron chi connectivity index (χ4n) is 1.94. The van der Waals surface area contributed by atoms with Crippen molar-refractivity contribution >= 4 is 43.1 Å². The number of carbonyl (C=O) groups is 1. The predicted octanol–water partition coefficient (Wildman–Crippen LogP) is 3.39. The van der Waals surface area contributed by atoms with Gasteiger partial charge in [0, 0.05) is 5.75 Å². The van der Waals surface area contributed by atoms with Crippen molar-refractivity contribution in [3.63, 3.8) is 0 Å². The first kappa shape index (κ1) is 16.6. The van der Waals surface area contributed by atoms with E-state index in [0.717, 1.165) is 11.0 Å². The quantitative estimate of drug-likeness (QED) is 0.658. The minimum atomic E-state index is -0.914. The van der Waals surface area contributed by atoms with Gasteiger partial charge in [-0.15, -0.1) is 11.3 Å². The molecule has 4 nitrogen and oxygen atoms in total. The Hall–Kier alpha value is -0.755. The van der Waals surface area contributed by atoms with Crippen LogP contribution < -0.4 is 0 Å². The predicted molar refractivity (Wildman–Crippen MR) is 89.2 cm³/mol. The van der Waals surface area contributed by atoms with Gasteiger partial charge in [-0.1, -0.05) is 6.08 Å². The van der Waals surface area contributed by atoms with E-state index in [-0.39, 0.29) is 0 Å². The summed E-state index contributed by atoms with van der Waals surface area (Å²) in [5, 5.41) is 10.8. The van der Waals surface area contributed by atoms with Gasteiger partial charge >= 0.3 is 13.1 Å². The largest absolute Gasteiger partial charge is 0.491 e. The van der Waals surface area contributed by atoms with Crippen molar-refractivity contribution in [1.29, 1.82) is 0 Å². The first-order valence-electron chi connectivity index (χ1n) is 6.65. The first-order chi connectivity index (χ1) is 9.66. The molecule has 1 saturated heterocycles. The Morgan fingerprint density at radius 2 is 1.95 bits per heavy atom. The van der Waals surface area contributed by atoms with Gasteiger partial charge in [-0.05, 0) is 50.2 Å². The SMILES string of the molecule is CC1(C)OB(C(=Cc2csc(C(=O)O)c2)CS)OC1(C)C. The van der Waals surface area contributed by atoms with Crippen molar-refractivity contribution in [3.05, 3.63) is 27.4 Å². The Labute approximate surface area is 134 Å². The van der Waals surface area contributed by atoms with Crippen LogP contribution in [0.1, 0.15) is 42.9 Å². The van der Waals surface area contributed by atoms with Gasteiger partial charge in [0.1, 0.15) is 4.88 Å². The van der Waals surface area contributed by atoms with Crippen LogP contribution in [-0.4, -0.2) is 35.1 Å². The Morgan fingerprint density at radius 1 is 1.38 bits per heavy atom. The Balaban J connectivity index is 2.24. The molecule has 0 spiro atoms. The summed E-state index contributed by atoms with van der Waals surface area (Å²) in [5.74, 6) is -0.433. The maximum absolute atomic E-state index is 10.9. The molecule has 1 N–H and O–H groups in total. The lowest BCUT2D eigenvalue weighted by Crippen LogP contribution is -2.41. The normalized spacial score (nSPS) is 20.8. The standard InChI is InChI=1S/C14H19BO4S2/c1-13(2)14(3,4)19-15(18-13)10(7-20)5-9-6-11(12(16)17)21-8-9/h5-6,8,20H,7H2,1-4H3,(H,16,17). The highest BCUT2D eigenvalue weighted by molar-refractivity contribution is 7.80. The number of carboxylic acids is 1. The number of hydrogen-bond donors (Lipinski definition) is 2. The third-order valence-corrected chi connectivity index (χ3v) is 5.22. The molecule has 7 heteroatoms. The molecule has 21 heavy (non-hydrogen) atoms. The summed E-state index contributed by atoms with van der Waals surface area (Å²) in [4.78, 5) is 11.2. The van der Waals surface area contributed by atoms with E-state index >= 15 is 0 Å². The summed E-state index contributed by atoms with van der Waals surface area (Å²) in [5.41, 5.74) is 0.907. The molecule has 1 aliphatic heterocycles. The van der Waals surface area contributed by atoms with Gasteiger partial charge in [0.25, 0.3) is 0 Å². The summed E-state index contributed by atoms with van der Waals surface area (Å²) in [7, 11) is -0.458. The van der Waals surface area contributed by atoms with Gasteiger partial charge in [-0.25, -0.2) is 4.79 Å². The van der Waals surface area contributed by atoms with E-state index in [1.165, 1.54) is 11.3 Å². The molecule has 2 rings (SSSR count). The van der Waals surface area contributed by atoms with Crippen LogP contribution >= 0.6 is 24.0 Å². The van der Waals surface area contributed by atoms with Gasteiger partial charge < -0.3 is 14.4 Å². The maximum atomic E-state index is 10.9. The van der Waals surface area contributed by atoms with Crippen LogP contribution in [0.3, 0.4) is 0 Å². The molecule has 0 radical (unpaired) electrons. The van der Waals surface area contributed by atoms with E-state index in [4.69, 9.17) is 14.4 Å². The monoisotopic (exact) mass is 326 g/mol. The number of aromatic carboxylic acids is 1. The number of hydrogen-bond acceptors (Lipinski definition) is 5. The Kier molecular flexibility index (Phi) is 4.59. The third kappa shape index (κ3) is 3.36. The van der Waals surface area contributed by atoms with E-state index in [0.29, 0.717) is 10.6 Å². The summed E-state index contributed by atoms with van der Waals surface area (Å²) >= 11 is 5.54. The molecule has 0 unspecified atom stereocenters. The highest BCUT2D eigenvalue weighted by atomic mass is 32.1. The zero-order valence-corrected chi connectivity index (χ0v) is 14.3. The van der Waals surface area contributed by atoms with Crippen LogP contribution in [0.2, 0.25) is 0 Å². The molecule has 1 aromatic heterocycles. The van der Waals surface area contributed by atoms with Crippen molar-refractivity contribution in [2.24, 2.45) is 0 Å². The second-order valence-electron chi connectivity index (χ2n) is 6.02. The third-order valence-electron chi connectivity index (χ3n) is 3.92. The van der Waals surface area contributed by atoms with Crippen LogP contribution in [0.25, 0.3) is 6.08 Å². The molecule has 0 aromatic carbocycles. The Bertz CT molecular complexity index is 561. The molecule has 0 atom stereocenters. The Morgan fingerprint density at radius 3 is 2.38 bits per heavy atom. The molecule has 1 aromatic rings. The van der Waals surface area contributed by atoms with Gasteiger partial charge in [0.05, 0.1) is 11.2 Å². The van der Waals surface area contributed by atoms with Crippen LogP contribution in [0.4, 0.5) is 0 Å². The zero-order valence-electron chi connectivity index (χ0n) is 12.5. The lowest BCUT2D eigenvalue weighted by Gasteiger charge is -2.32. The highest BCUT2D eigenvalue weighted by Crippen LogP contribution is 2.39. The average molecular weight is 326 g/mol. The molecule has 0 amide bonds. The number of carboxylic acid groups (broad SMARTS) is 1. The lowest BCUT2D eigenvalue weighted by atomic mass is 9.78. The van der Waals surface area contributed by atoms with E-state index < -0.39 is 24.3 Å². The van der Waals surface area contributed by atoms with E-state index in [1.54, 1.807) is 11.4 Å². The van der Waals surface area contributed by atoms with Crippen LogP contribution in [-0.2, 0) is 9.31 Å². The summed E-state index contributed by atoms with van der Waals surface area (Å²) < 4.78 is 12.0. The molecule has 1 aliphatic rings. The molecular weight excluding hydrogens is 307 g/mol. The molecule has 0 saturated carbocycles. The smallest absolute Gasteiger partial charge is 0.477 e. The minimum Gasteiger partial charge on any atom is -0.477 e. The summed E-state index contributed by atoms with van der Waals surface area (Å²) in [6, 6.07) is 1.64. The molecular formula is C14H19BO4S2. The van der Waals surface area contributed by atoms with Crippen molar-refractivity contribution in [2.75, 3.05) is 5.75 Å². The van der Waals surface area contributed by atoms with Gasteiger partial charge in [0.15, 0.2) is 0 Å². The number of thiol groups is 1. The van der Waals surface area contributed by atoms with Crippen molar-refractivity contribution in [1.82, 2.24) is 0 Å². The topological polar surface area (TPSA) is 55.8 Å². The molecule has 114 valence electrons. The molecule has 2 heterocycles. The van der Waals surface area contributed by atoms with Crippen LogP contribution in [0.15, 0.2) is 16.9 Å². The van der Waals surface area contributed by atoms with Gasteiger partial charge in [-0.3, -0.25) is 0 Å². The fourth-order valence-corrected chi connectivity index (χ4v) is 2.88. The van der Waals surface area contributed by atoms with E-state index in [2.05, 4.69) is 12.6 Å². The molecule has 1 fully saturated rings. The van der Waals surface area contributed by atoms with Gasteiger partial charge in [0.2, 0.25) is 0 Å². The van der Waals surface area contributed by atoms with Crippen molar-refractivity contribution in [3.8, 4) is 0 Å². The number of rotatable bonds is 4. The second-order valence-corrected chi connectivity index (χ2v) is 7.24. The van der Waals surface area contributed by atoms with E-state index in [1.807, 2.05) is 33.8 Å². The average Bonchev–Trinajstić information content (AvgIpc) is 2.90. The fraction of sp³-hybridized carbons (Fsp3) is 0.500. The molecule has 0 bridgehead atoms. The lowest BCUT2D eigenvalue weighted by molar-refractivity contribution is 0.00578. The van der Waals surface area contributed by atoms with Gasteiger partial charge in [-0.2, -0.15) is 12.6 Å². The summed E-state index contributed by atoms with van der Waals surface area (Å²) in [6.45, 7) is 7.99. The first-order valence-corrected chi connectivity index (χ1v) is 8.16. The number of thiophene rings is 1. The van der Waals surface area contributed by atoms with E-state index in [9.17, 15) is 4.79 Å². The summed E-state index contributed by atoms with van der Waals surface area (Å²) in [6.07, 6.45) is 1.89. The maximum Gasteiger partial charge on any atom is 0.491 e. The van der Waals surface area contributed by atoms with Crippen LogP contribution in [0, 0.1) is 0 Å². The highest BCUT2D eigenvalue weighted by Gasteiger charge is 2.52. The molecule has 0 aliphatic carbocycles. The van der Waals surface area contributed by atoms with Crippen LogP contribution in [0.5, 0.6) is 0 Å². The van der Waals surface area contributed by atoms with Crippen molar-refractivity contribution in [2.45, 2.75) is 38.9 Å². The van der Waals surface area contributed by atoms with Crippen molar-refractivity contribution < 1.29 is 19.2 Å². The minimum absolute atomic E-state index is 0.314. The zero-order chi connectivity index (χ0) is 15.8. The second kappa shape index (κ2) is 5.80.